The molecule has 2 aromatic heterocycles. The van der Waals surface area contributed by atoms with Crippen LogP contribution in [0.5, 0.6) is 5.75 Å². The smallest absolute Gasteiger partial charge is 0.210 e. The predicted molar refractivity (Wildman–Crippen MR) is 87.9 cm³/mol. The molecule has 3 N–H and O–H groups in total. The van der Waals surface area contributed by atoms with Crippen LogP contribution in [0.15, 0.2) is 41.1 Å². The molecule has 116 valence electrons. The summed E-state index contributed by atoms with van der Waals surface area (Å²) < 4.78 is 10.3. The third-order valence-corrected chi connectivity index (χ3v) is 3.02. The Balaban J connectivity index is 0.000000847. The van der Waals surface area contributed by atoms with Gasteiger partial charge >= 0.3 is 0 Å². The zero-order valence-corrected chi connectivity index (χ0v) is 13.0. The molecule has 22 heavy (non-hydrogen) atoms. The van der Waals surface area contributed by atoms with Gasteiger partial charge in [-0.3, -0.25) is 0 Å². The molecule has 0 bridgehead atoms. The quantitative estimate of drug-likeness (QED) is 0.767. The first kappa shape index (κ1) is 15.6. The first-order valence-corrected chi connectivity index (χ1v) is 7.14. The number of fused-ring (bicyclic) bond motifs is 1. The fourth-order valence-electron chi connectivity index (χ4n) is 1.94. The summed E-state index contributed by atoms with van der Waals surface area (Å²) in [5.41, 5.74) is 8.76. The van der Waals surface area contributed by atoms with Crippen molar-refractivity contribution in [3.05, 3.63) is 42.1 Å². The van der Waals surface area contributed by atoms with Crippen molar-refractivity contribution < 1.29 is 9.26 Å². The van der Waals surface area contributed by atoms with E-state index in [2.05, 4.69) is 15.5 Å². The van der Waals surface area contributed by atoms with Gasteiger partial charge in [-0.2, -0.15) is 0 Å². The summed E-state index contributed by atoms with van der Waals surface area (Å²) in [5.74, 6) is 1.14. The fraction of sp³-hybridized carbons (Fsp3) is 0.250. The van der Waals surface area contributed by atoms with Crippen LogP contribution in [0.4, 0.5) is 11.5 Å². The van der Waals surface area contributed by atoms with Crippen LogP contribution in [0.1, 0.15) is 19.4 Å². The number of ether oxygens (including phenoxy) is 1. The van der Waals surface area contributed by atoms with Crippen LogP contribution in [-0.2, 0) is 6.54 Å². The molecule has 0 radical (unpaired) electrons. The lowest BCUT2D eigenvalue weighted by atomic mass is 10.2. The van der Waals surface area contributed by atoms with Gasteiger partial charge in [0.05, 0.1) is 12.8 Å². The van der Waals surface area contributed by atoms with Crippen molar-refractivity contribution in [2.45, 2.75) is 20.4 Å². The lowest BCUT2D eigenvalue weighted by molar-refractivity contribution is 0.414. The van der Waals surface area contributed by atoms with Crippen molar-refractivity contribution in [1.29, 1.82) is 0 Å². The lowest BCUT2D eigenvalue weighted by Crippen LogP contribution is -2.00. The van der Waals surface area contributed by atoms with Gasteiger partial charge in [-0.05, 0) is 23.8 Å². The van der Waals surface area contributed by atoms with Crippen molar-refractivity contribution in [2.24, 2.45) is 0 Å². The maximum atomic E-state index is 5.68. The van der Waals surface area contributed by atoms with Crippen LogP contribution in [0.2, 0.25) is 0 Å². The van der Waals surface area contributed by atoms with E-state index in [0.29, 0.717) is 23.5 Å². The Hall–Kier alpha value is -2.76. The number of aromatic nitrogens is 2. The highest BCUT2D eigenvalue weighted by atomic mass is 16.5. The zero-order chi connectivity index (χ0) is 15.9. The number of nitrogens with zero attached hydrogens (tertiary/aromatic N) is 2. The Labute approximate surface area is 129 Å². The predicted octanol–water partition coefficient (Wildman–Crippen LogP) is 3.45. The molecular weight excluding hydrogens is 280 g/mol. The fourth-order valence-corrected chi connectivity index (χ4v) is 1.94. The topological polar surface area (TPSA) is 86.2 Å². The molecule has 1 aromatic carbocycles. The molecule has 0 saturated carbocycles. The molecule has 0 spiro atoms. The lowest BCUT2D eigenvalue weighted by Gasteiger charge is -2.07. The van der Waals surface area contributed by atoms with Gasteiger partial charge < -0.3 is 20.3 Å². The van der Waals surface area contributed by atoms with E-state index in [9.17, 15) is 0 Å². The van der Waals surface area contributed by atoms with Gasteiger partial charge in [0.25, 0.3) is 0 Å². The molecule has 0 fully saturated rings. The van der Waals surface area contributed by atoms with E-state index in [1.807, 2.05) is 44.2 Å². The third kappa shape index (κ3) is 3.28. The molecule has 0 saturated heterocycles. The van der Waals surface area contributed by atoms with Gasteiger partial charge in [0.1, 0.15) is 5.75 Å². The average molecular weight is 300 g/mol. The Kier molecular flexibility index (Phi) is 5.19. The number of anilines is 2. The van der Waals surface area contributed by atoms with E-state index in [4.69, 9.17) is 15.0 Å². The summed E-state index contributed by atoms with van der Waals surface area (Å²) in [6.45, 7) is 4.66. The molecule has 0 amide bonds. The van der Waals surface area contributed by atoms with Crippen molar-refractivity contribution in [1.82, 2.24) is 10.1 Å². The first-order chi connectivity index (χ1) is 10.8. The molecule has 0 unspecified atom stereocenters. The number of rotatable bonds is 4. The minimum absolute atomic E-state index is 0.299. The number of hydrogen-bond acceptors (Lipinski definition) is 6. The Morgan fingerprint density at radius 2 is 1.91 bits per heavy atom. The van der Waals surface area contributed by atoms with Crippen molar-refractivity contribution in [3.8, 4) is 5.75 Å². The van der Waals surface area contributed by atoms with E-state index >= 15 is 0 Å². The summed E-state index contributed by atoms with van der Waals surface area (Å²) in [5, 5.41) is 7.00. The van der Waals surface area contributed by atoms with Crippen LogP contribution in [-0.4, -0.2) is 17.3 Å². The summed E-state index contributed by atoms with van der Waals surface area (Å²) in [6, 6.07) is 9.67. The zero-order valence-electron chi connectivity index (χ0n) is 13.0. The monoisotopic (exact) mass is 300 g/mol. The van der Waals surface area contributed by atoms with Crippen LogP contribution in [0.3, 0.4) is 0 Å². The largest absolute Gasteiger partial charge is 0.497 e. The Morgan fingerprint density at radius 3 is 2.59 bits per heavy atom. The molecule has 0 atom stereocenters. The van der Waals surface area contributed by atoms with Gasteiger partial charge in [-0.1, -0.05) is 31.1 Å². The maximum Gasteiger partial charge on any atom is 0.210 e. The molecule has 6 nitrogen and oxygen atoms in total. The van der Waals surface area contributed by atoms with Gasteiger partial charge in [-0.25, -0.2) is 4.98 Å². The third-order valence-electron chi connectivity index (χ3n) is 3.02. The highest BCUT2D eigenvalue weighted by Gasteiger charge is 2.10. The Morgan fingerprint density at radius 1 is 1.18 bits per heavy atom. The second-order valence-corrected chi connectivity index (χ2v) is 4.31. The van der Waals surface area contributed by atoms with Gasteiger partial charge in [0.2, 0.25) is 5.58 Å². The number of hydrogen-bond donors (Lipinski definition) is 2. The van der Waals surface area contributed by atoms with Gasteiger partial charge in [-0.15, -0.1) is 0 Å². The van der Waals surface area contributed by atoms with Crippen LogP contribution in [0.25, 0.3) is 11.1 Å². The highest BCUT2D eigenvalue weighted by Crippen LogP contribution is 2.25. The molecule has 2 heterocycles. The van der Waals surface area contributed by atoms with E-state index in [-0.39, 0.29) is 0 Å². The number of nitrogens with one attached hydrogen (secondary N) is 1. The first-order valence-electron chi connectivity index (χ1n) is 7.14. The molecule has 3 rings (SSSR count). The molecule has 0 aliphatic heterocycles. The number of benzene rings is 1. The minimum Gasteiger partial charge on any atom is -0.497 e. The number of methoxy groups -OCH3 is 1. The van der Waals surface area contributed by atoms with Crippen molar-refractivity contribution >= 4 is 22.6 Å². The van der Waals surface area contributed by atoms with Crippen molar-refractivity contribution in [3.63, 3.8) is 0 Å². The molecular formula is C16H20N4O2. The van der Waals surface area contributed by atoms with Crippen LogP contribution < -0.4 is 15.8 Å². The van der Waals surface area contributed by atoms with Crippen LogP contribution in [0, 0.1) is 0 Å². The normalized spacial score (nSPS) is 9.95. The second kappa shape index (κ2) is 7.31. The summed E-state index contributed by atoms with van der Waals surface area (Å²) in [6.07, 6.45) is 1.67. The van der Waals surface area contributed by atoms with E-state index in [1.54, 1.807) is 13.3 Å². The molecule has 0 aliphatic carbocycles. The van der Waals surface area contributed by atoms with E-state index in [1.165, 1.54) is 0 Å². The SMILES string of the molecule is CC.COc1ccc(CNc2ccnc3c(N)noc23)cc1. The van der Waals surface area contributed by atoms with E-state index in [0.717, 1.165) is 17.0 Å². The van der Waals surface area contributed by atoms with Crippen molar-refractivity contribution in [2.75, 3.05) is 18.2 Å². The number of nitrogens with two attached hydrogens (primary N) is 1. The van der Waals surface area contributed by atoms with Gasteiger partial charge in [0, 0.05) is 12.7 Å². The summed E-state index contributed by atoms with van der Waals surface area (Å²) in [7, 11) is 1.65. The minimum atomic E-state index is 0.299. The molecule has 6 heteroatoms. The number of nitrogen functional groups attached to an aromatic ring is 1. The highest BCUT2D eigenvalue weighted by molar-refractivity contribution is 5.91. The number of pyridine rings is 1. The maximum absolute atomic E-state index is 5.68. The Bertz CT molecular complexity index is 723. The summed E-state index contributed by atoms with van der Waals surface area (Å²) >= 11 is 0. The second-order valence-electron chi connectivity index (χ2n) is 4.31. The standard InChI is InChI=1S/C14H14N4O2.C2H6/c1-19-10-4-2-9(3-5-10)8-17-11-6-7-16-12-13(11)20-18-14(12)15;1-2/h2-7H,8H2,1H3,(H2,15,18)(H,16,17);1-2H3. The summed E-state index contributed by atoms with van der Waals surface area (Å²) in [4.78, 5) is 4.14. The average Bonchev–Trinajstić information content (AvgIpc) is 2.97. The molecule has 3 aromatic rings. The van der Waals surface area contributed by atoms with Crippen LogP contribution >= 0.6 is 0 Å². The van der Waals surface area contributed by atoms with Gasteiger partial charge in [0.15, 0.2) is 11.3 Å². The van der Waals surface area contributed by atoms with E-state index < -0.39 is 0 Å². The molecule has 0 aliphatic rings.